The van der Waals surface area contributed by atoms with Gasteiger partial charge in [0.1, 0.15) is 23.0 Å². The van der Waals surface area contributed by atoms with Crippen molar-refractivity contribution in [3.63, 3.8) is 0 Å². The maximum atomic E-state index is 11.8. The summed E-state index contributed by atoms with van der Waals surface area (Å²) in [6, 6.07) is 5.40. The third-order valence-corrected chi connectivity index (χ3v) is 3.09. The molecule has 7 nitrogen and oxygen atoms in total. The summed E-state index contributed by atoms with van der Waals surface area (Å²) < 4.78 is 10.5. The van der Waals surface area contributed by atoms with Gasteiger partial charge in [-0.2, -0.15) is 0 Å². The van der Waals surface area contributed by atoms with E-state index in [-0.39, 0.29) is 11.6 Å². The Morgan fingerprint density at radius 1 is 1.17 bits per heavy atom. The molecular weight excluding hydrogens is 296 g/mol. The number of nitrogens with zero attached hydrogens (tertiary/aromatic N) is 2. The van der Waals surface area contributed by atoms with Crippen molar-refractivity contribution in [1.82, 2.24) is 15.3 Å². The normalized spacial score (nSPS) is 10.0. The Balaban J connectivity index is 2.10. The minimum absolute atomic E-state index is 0.229. The van der Waals surface area contributed by atoms with Gasteiger partial charge in [0.05, 0.1) is 32.3 Å². The van der Waals surface area contributed by atoms with Crippen molar-refractivity contribution >= 4 is 17.4 Å². The maximum Gasteiger partial charge on any atom is 0.271 e. The second-order valence-corrected chi connectivity index (χ2v) is 4.73. The fourth-order valence-corrected chi connectivity index (χ4v) is 1.88. The molecule has 0 saturated heterocycles. The van der Waals surface area contributed by atoms with Gasteiger partial charge in [-0.15, -0.1) is 0 Å². The minimum atomic E-state index is -0.229. The van der Waals surface area contributed by atoms with Gasteiger partial charge in [-0.25, -0.2) is 9.97 Å². The molecule has 0 aliphatic carbocycles. The van der Waals surface area contributed by atoms with E-state index in [2.05, 4.69) is 20.6 Å². The number of benzene rings is 1. The molecule has 0 aliphatic heterocycles. The van der Waals surface area contributed by atoms with Gasteiger partial charge in [-0.3, -0.25) is 4.79 Å². The Morgan fingerprint density at radius 3 is 2.61 bits per heavy atom. The van der Waals surface area contributed by atoms with Crippen LogP contribution in [0.1, 0.15) is 23.8 Å². The lowest BCUT2D eigenvalue weighted by molar-refractivity contribution is 0.0948. The number of aromatic nitrogens is 2. The van der Waals surface area contributed by atoms with Crippen LogP contribution in [0.4, 0.5) is 11.5 Å². The van der Waals surface area contributed by atoms with Gasteiger partial charge < -0.3 is 20.1 Å². The van der Waals surface area contributed by atoms with Crippen LogP contribution in [-0.4, -0.2) is 36.6 Å². The van der Waals surface area contributed by atoms with Crippen molar-refractivity contribution in [2.24, 2.45) is 0 Å². The molecule has 0 fully saturated rings. The van der Waals surface area contributed by atoms with Crippen LogP contribution in [0.2, 0.25) is 0 Å². The Labute approximate surface area is 135 Å². The number of nitrogens with one attached hydrogen (secondary N) is 2. The first kappa shape index (κ1) is 16.5. The van der Waals surface area contributed by atoms with E-state index in [1.807, 2.05) is 19.1 Å². The smallest absolute Gasteiger partial charge is 0.271 e. The number of ether oxygens (including phenoxy) is 2. The van der Waals surface area contributed by atoms with Crippen LogP contribution in [0.15, 0.2) is 30.6 Å². The molecule has 0 aliphatic rings. The van der Waals surface area contributed by atoms with E-state index < -0.39 is 0 Å². The number of anilines is 2. The summed E-state index contributed by atoms with van der Waals surface area (Å²) in [6.45, 7) is 2.60. The molecule has 23 heavy (non-hydrogen) atoms. The van der Waals surface area contributed by atoms with Gasteiger partial charge in [0.25, 0.3) is 5.91 Å². The average molecular weight is 316 g/mol. The molecule has 0 spiro atoms. The molecule has 122 valence electrons. The van der Waals surface area contributed by atoms with Crippen LogP contribution in [0.25, 0.3) is 0 Å². The highest BCUT2D eigenvalue weighted by Crippen LogP contribution is 2.30. The molecule has 0 atom stereocenters. The fraction of sp³-hybridized carbons (Fsp3) is 0.312. The number of methoxy groups -OCH3 is 2. The Hall–Kier alpha value is -2.83. The van der Waals surface area contributed by atoms with Crippen LogP contribution in [0, 0.1) is 0 Å². The lowest BCUT2D eigenvalue weighted by atomic mass is 10.2. The molecule has 0 radical (unpaired) electrons. The Bertz CT molecular complexity index is 659. The zero-order valence-corrected chi connectivity index (χ0v) is 13.4. The highest BCUT2D eigenvalue weighted by molar-refractivity contribution is 5.92. The van der Waals surface area contributed by atoms with Gasteiger partial charge in [0.2, 0.25) is 0 Å². The Morgan fingerprint density at radius 2 is 2.00 bits per heavy atom. The van der Waals surface area contributed by atoms with Crippen molar-refractivity contribution in [1.29, 1.82) is 0 Å². The highest BCUT2D eigenvalue weighted by Gasteiger charge is 2.09. The lowest BCUT2D eigenvalue weighted by Gasteiger charge is -2.12. The number of hydrogen-bond acceptors (Lipinski definition) is 6. The third kappa shape index (κ3) is 4.32. The van der Waals surface area contributed by atoms with Crippen molar-refractivity contribution in [3.05, 3.63) is 36.3 Å². The highest BCUT2D eigenvalue weighted by atomic mass is 16.5. The quantitative estimate of drug-likeness (QED) is 0.816. The van der Waals surface area contributed by atoms with Gasteiger partial charge >= 0.3 is 0 Å². The van der Waals surface area contributed by atoms with Gasteiger partial charge in [0, 0.05) is 12.6 Å². The lowest BCUT2D eigenvalue weighted by Crippen LogP contribution is -2.25. The topological polar surface area (TPSA) is 85.4 Å². The molecule has 1 aromatic heterocycles. The Kier molecular flexibility index (Phi) is 5.74. The first-order chi connectivity index (χ1) is 11.2. The summed E-state index contributed by atoms with van der Waals surface area (Å²) in [5.41, 5.74) is 1.01. The standard InChI is InChI=1S/C16H20N4O3/c1-4-7-17-16(21)13-9-19-15(10-18-13)20-12-6-5-11(22-2)8-14(12)23-3/h5-6,8-10H,4,7H2,1-3H3,(H,17,21)(H,19,20). The number of hydrogen-bond donors (Lipinski definition) is 2. The first-order valence-electron chi connectivity index (χ1n) is 7.27. The molecule has 1 heterocycles. The second kappa shape index (κ2) is 7.98. The fourth-order valence-electron chi connectivity index (χ4n) is 1.88. The van der Waals surface area contributed by atoms with E-state index in [1.54, 1.807) is 20.3 Å². The van der Waals surface area contributed by atoms with E-state index in [0.29, 0.717) is 23.9 Å². The summed E-state index contributed by atoms with van der Waals surface area (Å²) in [7, 11) is 3.17. The van der Waals surface area contributed by atoms with Gasteiger partial charge in [0.15, 0.2) is 0 Å². The molecule has 2 N–H and O–H groups in total. The van der Waals surface area contributed by atoms with Crippen LogP contribution < -0.4 is 20.1 Å². The average Bonchev–Trinajstić information content (AvgIpc) is 2.60. The third-order valence-electron chi connectivity index (χ3n) is 3.09. The van der Waals surface area contributed by atoms with Crippen molar-refractivity contribution < 1.29 is 14.3 Å². The van der Waals surface area contributed by atoms with Crippen LogP contribution in [0.5, 0.6) is 11.5 Å². The summed E-state index contributed by atoms with van der Waals surface area (Å²) in [5, 5.41) is 5.85. The minimum Gasteiger partial charge on any atom is -0.497 e. The first-order valence-corrected chi connectivity index (χ1v) is 7.27. The van der Waals surface area contributed by atoms with E-state index in [0.717, 1.165) is 12.1 Å². The van der Waals surface area contributed by atoms with Crippen molar-refractivity contribution in [3.8, 4) is 11.5 Å². The van der Waals surface area contributed by atoms with E-state index in [4.69, 9.17) is 9.47 Å². The molecule has 1 aromatic carbocycles. The summed E-state index contributed by atoms with van der Waals surface area (Å²) in [5.74, 6) is 1.60. The van der Waals surface area contributed by atoms with Crippen LogP contribution >= 0.6 is 0 Å². The summed E-state index contributed by atoms with van der Waals surface area (Å²) in [4.78, 5) is 20.1. The monoisotopic (exact) mass is 316 g/mol. The molecule has 0 unspecified atom stereocenters. The maximum absolute atomic E-state index is 11.8. The van der Waals surface area contributed by atoms with Crippen LogP contribution in [-0.2, 0) is 0 Å². The van der Waals surface area contributed by atoms with Gasteiger partial charge in [-0.05, 0) is 18.6 Å². The molecule has 0 saturated carbocycles. The number of carbonyl (C=O) groups is 1. The molecule has 1 amide bonds. The SMILES string of the molecule is CCCNC(=O)c1cnc(Nc2ccc(OC)cc2OC)cn1. The zero-order chi connectivity index (χ0) is 16.7. The zero-order valence-electron chi connectivity index (χ0n) is 13.4. The molecule has 0 bridgehead atoms. The molecule has 2 rings (SSSR count). The van der Waals surface area contributed by atoms with E-state index in [9.17, 15) is 4.79 Å². The van der Waals surface area contributed by atoms with Crippen molar-refractivity contribution in [2.45, 2.75) is 13.3 Å². The van der Waals surface area contributed by atoms with E-state index in [1.165, 1.54) is 12.4 Å². The van der Waals surface area contributed by atoms with Crippen molar-refractivity contribution in [2.75, 3.05) is 26.1 Å². The predicted molar refractivity (Wildman–Crippen MR) is 87.5 cm³/mol. The second-order valence-electron chi connectivity index (χ2n) is 4.73. The summed E-state index contributed by atoms with van der Waals surface area (Å²) in [6.07, 6.45) is 3.81. The van der Waals surface area contributed by atoms with E-state index >= 15 is 0 Å². The largest absolute Gasteiger partial charge is 0.497 e. The summed E-state index contributed by atoms with van der Waals surface area (Å²) >= 11 is 0. The molecule has 2 aromatic rings. The molecule has 7 heteroatoms. The van der Waals surface area contributed by atoms with Gasteiger partial charge in [-0.1, -0.05) is 6.92 Å². The number of amides is 1. The predicted octanol–water partition coefficient (Wildman–Crippen LogP) is 2.38. The number of carbonyl (C=O) groups excluding carboxylic acids is 1. The molecular formula is C16H20N4O3. The number of rotatable bonds is 7. The van der Waals surface area contributed by atoms with Crippen LogP contribution in [0.3, 0.4) is 0 Å².